The fraction of sp³-hybridized carbons (Fsp3) is 0.386. The third-order valence-corrected chi connectivity index (χ3v) is 12.0. The van der Waals surface area contributed by atoms with Gasteiger partial charge in [-0.2, -0.15) is 0 Å². The Labute approximate surface area is 340 Å². The van der Waals surface area contributed by atoms with Crippen molar-refractivity contribution in [2.45, 2.75) is 50.4 Å². The first-order valence-electron chi connectivity index (χ1n) is 20.1. The molecule has 59 heavy (non-hydrogen) atoms. The summed E-state index contributed by atoms with van der Waals surface area (Å²) in [6, 6.07) is 16.5. The first-order chi connectivity index (χ1) is 28.6. The van der Waals surface area contributed by atoms with E-state index < -0.39 is 29.7 Å². The minimum atomic E-state index is -0.996. The number of rotatable bonds is 14. The number of piperidine rings is 1. The number of pyridine rings is 2. The number of aromatic nitrogens is 3. The molecule has 6 heterocycles. The van der Waals surface area contributed by atoms with E-state index in [1.165, 1.54) is 5.39 Å². The molecule has 0 spiro atoms. The highest BCUT2D eigenvalue weighted by molar-refractivity contribution is 6.23. The average Bonchev–Trinajstić information content (AvgIpc) is 3.63. The molecular weight excluding hydrogens is 755 g/mol. The number of aryl methyl sites for hydroxylation is 1. The van der Waals surface area contributed by atoms with E-state index in [0.29, 0.717) is 45.1 Å². The number of carbonyl (C=O) groups is 5. The number of hydrogen-bond acceptors (Lipinski definition) is 11. The van der Waals surface area contributed by atoms with Crippen LogP contribution in [0.1, 0.15) is 52.8 Å². The summed E-state index contributed by atoms with van der Waals surface area (Å²) < 4.78 is 20.1. The Morgan fingerprint density at radius 2 is 1.71 bits per heavy atom. The van der Waals surface area contributed by atoms with Gasteiger partial charge in [-0.1, -0.05) is 12.1 Å². The van der Waals surface area contributed by atoms with Gasteiger partial charge in [-0.25, -0.2) is 4.98 Å². The van der Waals surface area contributed by atoms with Crippen molar-refractivity contribution < 1.29 is 38.2 Å². The fourth-order valence-electron chi connectivity index (χ4n) is 8.42. The number of benzene rings is 2. The highest BCUT2D eigenvalue weighted by Crippen LogP contribution is 2.34. The highest BCUT2D eigenvalue weighted by Gasteiger charge is 2.45. The lowest BCUT2D eigenvalue weighted by molar-refractivity contribution is -0.137. The average molecular weight is 800 g/mol. The zero-order valence-electron chi connectivity index (χ0n) is 33.0. The van der Waals surface area contributed by atoms with Crippen molar-refractivity contribution in [3.8, 4) is 17.0 Å². The minimum absolute atomic E-state index is 0.00643. The number of amides is 5. The van der Waals surface area contributed by atoms with E-state index in [4.69, 9.17) is 14.2 Å². The van der Waals surface area contributed by atoms with Gasteiger partial charge in [-0.15, -0.1) is 0 Å². The van der Waals surface area contributed by atoms with Crippen LogP contribution in [-0.4, -0.2) is 119 Å². The second kappa shape index (κ2) is 15.9. The van der Waals surface area contributed by atoms with Crippen molar-refractivity contribution in [3.63, 3.8) is 0 Å². The lowest BCUT2D eigenvalue weighted by atomic mass is 9.92. The summed E-state index contributed by atoms with van der Waals surface area (Å²) in [6.45, 7) is 2.89. The zero-order chi connectivity index (χ0) is 40.8. The Bertz CT molecular complexity index is 2470. The lowest BCUT2D eigenvalue weighted by Crippen LogP contribution is -2.54. The molecule has 5 amide bonds. The van der Waals surface area contributed by atoms with E-state index in [2.05, 4.69) is 50.0 Å². The molecule has 5 aromatic rings. The number of likely N-dealkylation sites (N-methyl/N-ethyl adjacent to an activating group) is 1. The molecule has 1 saturated carbocycles. The first-order valence-corrected chi connectivity index (χ1v) is 20.1. The summed E-state index contributed by atoms with van der Waals surface area (Å²) in [7, 11) is 3.84. The second-order valence-electron chi connectivity index (χ2n) is 15.9. The number of nitrogens with one attached hydrogen (secondary N) is 1. The Hall–Kier alpha value is -6.19. The molecule has 3 aromatic heterocycles. The predicted octanol–water partition coefficient (Wildman–Crippen LogP) is 4.12. The van der Waals surface area contributed by atoms with Gasteiger partial charge in [-0.05, 0) is 54.8 Å². The SMILES string of the molecule is CN(CCCOC1CC(Oc2ccc(-c3ccc4c5cnccc5n(C)c4c3)cn2)C1)C(=O)COCC1CN(c2ccc3c(c2)C(=O)N(C2CCC(=O)NC2=O)C3=O)C1. The van der Waals surface area contributed by atoms with Crippen LogP contribution in [0, 0.1) is 5.92 Å². The summed E-state index contributed by atoms with van der Waals surface area (Å²) >= 11 is 0. The van der Waals surface area contributed by atoms with Crippen LogP contribution in [0.3, 0.4) is 0 Å². The van der Waals surface area contributed by atoms with Gasteiger partial charge in [0, 0.05) is 118 Å². The Balaban J connectivity index is 0.642. The van der Waals surface area contributed by atoms with E-state index in [-0.39, 0.29) is 54.6 Å². The van der Waals surface area contributed by atoms with E-state index in [1.54, 1.807) is 30.1 Å². The molecule has 0 radical (unpaired) electrons. The lowest BCUT2D eigenvalue weighted by Gasteiger charge is -2.41. The summed E-state index contributed by atoms with van der Waals surface area (Å²) in [6.07, 6.45) is 8.26. The molecule has 0 bridgehead atoms. The molecule has 1 atom stereocenters. The standard InChI is InChI=1S/C44H45N7O8/c1-48(41(53)25-57-24-26-22-50(23-26)29-6-8-33-34(17-29)44(56)51(43(33)55)37-9-10-39(52)47-42(37)54)14-3-15-58-30-18-31(19-30)59-40-11-5-28(20-46-40)27-4-7-32-35-21-45-13-12-36(35)49(2)38(32)16-27/h4-8,11-13,16-17,20-21,26,30-31,37H,3,9-10,14-15,18-19,22-25H2,1-2H3,(H,47,52,54). The zero-order valence-corrected chi connectivity index (χ0v) is 33.0. The third kappa shape index (κ3) is 7.51. The van der Waals surface area contributed by atoms with Crippen LogP contribution in [0.4, 0.5) is 5.69 Å². The maximum atomic E-state index is 13.2. The van der Waals surface area contributed by atoms with Gasteiger partial charge >= 0.3 is 0 Å². The summed E-state index contributed by atoms with van der Waals surface area (Å²) in [5, 5.41) is 4.53. The van der Waals surface area contributed by atoms with Crippen LogP contribution in [0.5, 0.6) is 5.88 Å². The number of nitrogens with zero attached hydrogens (tertiary/aromatic N) is 6. The van der Waals surface area contributed by atoms with Crippen molar-refractivity contribution in [1.29, 1.82) is 0 Å². The molecule has 2 saturated heterocycles. The van der Waals surface area contributed by atoms with Crippen LogP contribution >= 0.6 is 0 Å². The number of anilines is 1. The van der Waals surface area contributed by atoms with Crippen LogP contribution in [0.15, 0.2) is 73.2 Å². The van der Waals surface area contributed by atoms with Crippen LogP contribution in [0.25, 0.3) is 32.9 Å². The second-order valence-corrected chi connectivity index (χ2v) is 15.9. The molecule has 15 nitrogen and oxygen atoms in total. The molecule has 4 aliphatic rings. The highest BCUT2D eigenvalue weighted by atomic mass is 16.5. The number of carbonyl (C=O) groups excluding carboxylic acids is 5. The Morgan fingerprint density at radius 1 is 0.898 bits per heavy atom. The van der Waals surface area contributed by atoms with Crippen LogP contribution in [-0.2, 0) is 30.9 Å². The molecule has 9 rings (SSSR count). The van der Waals surface area contributed by atoms with Gasteiger partial charge in [0.2, 0.25) is 23.6 Å². The number of imide groups is 2. The number of fused-ring (bicyclic) bond motifs is 4. The van der Waals surface area contributed by atoms with Gasteiger partial charge in [0.05, 0.1) is 29.4 Å². The Kier molecular flexibility index (Phi) is 10.3. The molecule has 2 aromatic carbocycles. The summed E-state index contributed by atoms with van der Waals surface area (Å²) in [5.74, 6) is -1.37. The van der Waals surface area contributed by atoms with Crippen LogP contribution < -0.4 is 15.0 Å². The van der Waals surface area contributed by atoms with Gasteiger partial charge in [0.1, 0.15) is 18.8 Å². The van der Waals surface area contributed by atoms with E-state index in [1.807, 2.05) is 36.8 Å². The molecular formula is C44H45N7O8. The number of hydrogen-bond donors (Lipinski definition) is 1. The van der Waals surface area contributed by atoms with Crippen molar-refractivity contribution in [2.24, 2.45) is 13.0 Å². The monoisotopic (exact) mass is 799 g/mol. The molecule has 15 heteroatoms. The van der Waals surface area contributed by atoms with Gasteiger partial charge in [0.25, 0.3) is 11.8 Å². The van der Waals surface area contributed by atoms with E-state index in [0.717, 1.165) is 51.0 Å². The van der Waals surface area contributed by atoms with Crippen molar-refractivity contribution >= 4 is 57.0 Å². The maximum absolute atomic E-state index is 13.2. The molecule has 304 valence electrons. The first kappa shape index (κ1) is 38.3. The summed E-state index contributed by atoms with van der Waals surface area (Å²) in [5.41, 5.74) is 5.71. The maximum Gasteiger partial charge on any atom is 0.262 e. The van der Waals surface area contributed by atoms with Crippen LogP contribution in [0.2, 0.25) is 0 Å². The molecule has 1 unspecified atom stereocenters. The van der Waals surface area contributed by atoms with Gasteiger partial charge in [0.15, 0.2) is 0 Å². The summed E-state index contributed by atoms with van der Waals surface area (Å²) in [4.78, 5) is 76.3. The van der Waals surface area contributed by atoms with Gasteiger partial charge in [-0.3, -0.25) is 39.2 Å². The molecule has 1 N–H and O–H groups in total. The Morgan fingerprint density at radius 3 is 2.51 bits per heavy atom. The number of ether oxygens (including phenoxy) is 3. The minimum Gasteiger partial charge on any atom is -0.474 e. The topological polar surface area (TPSA) is 166 Å². The molecule has 3 aliphatic heterocycles. The third-order valence-electron chi connectivity index (χ3n) is 12.0. The fourth-order valence-corrected chi connectivity index (χ4v) is 8.42. The quantitative estimate of drug-likeness (QED) is 0.127. The van der Waals surface area contributed by atoms with Gasteiger partial charge < -0.3 is 28.6 Å². The normalized spacial score (nSPS) is 20.5. The van der Waals surface area contributed by atoms with Crippen molar-refractivity contribution in [2.75, 3.05) is 51.4 Å². The van der Waals surface area contributed by atoms with E-state index in [9.17, 15) is 24.0 Å². The largest absolute Gasteiger partial charge is 0.474 e. The van der Waals surface area contributed by atoms with E-state index >= 15 is 0 Å². The van der Waals surface area contributed by atoms with Crippen molar-refractivity contribution in [3.05, 3.63) is 84.3 Å². The predicted molar refractivity (Wildman–Crippen MR) is 217 cm³/mol. The van der Waals surface area contributed by atoms with Crippen molar-refractivity contribution in [1.82, 2.24) is 29.7 Å². The molecule has 1 aliphatic carbocycles. The molecule has 3 fully saturated rings. The smallest absolute Gasteiger partial charge is 0.262 e.